The molecule has 3 aromatic rings. The number of hydrazone groups is 1. The molecule has 0 unspecified atom stereocenters. The van der Waals surface area contributed by atoms with Crippen LogP contribution in [0.25, 0.3) is 0 Å². The molecule has 10 heteroatoms. The molecule has 0 aromatic heterocycles. The second-order valence-electron chi connectivity index (χ2n) is 6.29. The van der Waals surface area contributed by atoms with Crippen LogP contribution in [0.3, 0.4) is 0 Å². The van der Waals surface area contributed by atoms with Crippen LogP contribution in [0.2, 0.25) is 5.02 Å². The van der Waals surface area contributed by atoms with Gasteiger partial charge in [0.15, 0.2) is 11.5 Å². The largest absolute Gasteiger partial charge is 0.493 e. The summed E-state index contributed by atoms with van der Waals surface area (Å²) in [7, 11) is 1.41. The van der Waals surface area contributed by atoms with E-state index >= 15 is 0 Å². The van der Waals surface area contributed by atoms with E-state index in [0.717, 1.165) is 6.07 Å². The van der Waals surface area contributed by atoms with Crippen molar-refractivity contribution in [3.8, 4) is 11.5 Å². The topological polar surface area (TPSA) is 120 Å². The van der Waals surface area contributed by atoms with Gasteiger partial charge in [0.05, 0.1) is 28.8 Å². The molecule has 0 aliphatic heterocycles. The fourth-order valence-corrected chi connectivity index (χ4v) is 2.83. The van der Waals surface area contributed by atoms with E-state index < -0.39 is 16.8 Å². The molecule has 0 spiro atoms. The zero-order valence-corrected chi connectivity index (χ0v) is 17.4. The lowest BCUT2D eigenvalue weighted by molar-refractivity contribution is -0.384. The van der Waals surface area contributed by atoms with Crippen molar-refractivity contribution in [2.24, 2.45) is 5.10 Å². The maximum absolute atomic E-state index is 12.4. The summed E-state index contributed by atoms with van der Waals surface area (Å²) in [5, 5.41) is 14.9. The van der Waals surface area contributed by atoms with Gasteiger partial charge >= 0.3 is 5.97 Å². The maximum atomic E-state index is 12.4. The summed E-state index contributed by atoms with van der Waals surface area (Å²) in [5.41, 5.74) is 2.94. The van der Waals surface area contributed by atoms with E-state index in [4.69, 9.17) is 21.1 Å². The van der Waals surface area contributed by atoms with Crippen LogP contribution in [0.5, 0.6) is 11.5 Å². The number of nitrogens with zero attached hydrogens (tertiary/aromatic N) is 2. The van der Waals surface area contributed by atoms with Crippen molar-refractivity contribution in [3.05, 3.63) is 98.6 Å². The second kappa shape index (κ2) is 10.2. The summed E-state index contributed by atoms with van der Waals surface area (Å²) in [6, 6.07) is 16.4. The molecular weight excluding hydrogens is 438 g/mol. The van der Waals surface area contributed by atoms with Crippen LogP contribution in [0.4, 0.5) is 5.69 Å². The van der Waals surface area contributed by atoms with E-state index in [1.807, 2.05) is 0 Å². The SMILES string of the molecule is COc1cc(C=NNC(=O)c2cccc([N+](=O)[O-])c2)ccc1OC(=O)c1ccccc1Cl. The number of ether oxygens (including phenoxy) is 2. The molecule has 9 nitrogen and oxygen atoms in total. The van der Waals surface area contributed by atoms with Crippen LogP contribution in [-0.4, -0.2) is 30.1 Å². The number of hydrogen-bond acceptors (Lipinski definition) is 7. The Morgan fingerprint density at radius 1 is 1.06 bits per heavy atom. The third-order valence-corrected chi connectivity index (χ3v) is 4.51. The van der Waals surface area contributed by atoms with Gasteiger partial charge in [0.2, 0.25) is 0 Å². The first-order chi connectivity index (χ1) is 15.4. The normalized spacial score (nSPS) is 10.6. The Morgan fingerprint density at radius 2 is 1.84 bits per heavy atom. The van der Waals surface area contributed by atoms with Crippen molar-refractivity contribution < 1.29 is 24.0 Å². The number of nitro benzene ring substituents is 1. The third kappa shape index (κ3) is 5.46. The van der Waals surface area contributed by atoms with Gasteiger partial charge in [-0.15, -0.1) is 0 Å². The molecule has 0 radical (unpaired) electrons. The van der Waals surface area contributed by atoms with Crippen LogP contribution in [0, 0.1) is 10.1 Å². The highest BCUT2D eigenvalue weighted by atomic mass is 35.5. The first kappa shape index (κ1) is 22.4. The van der Waals surface area contributed by atoms with Crippen molar-refractivity contribution in [1.29, 1.82) is 0 Å². The van der Waals surface area contributed by atoms with Gasteiger partial charge in [0, 0.05) is 17.7 Å². The quantitative estimate of drug-likeness (QED) is 0.188. The number of nitro groups is 1. The van der Waals surface area contributed by atoms with Crippen molar-refractivity contribution in [1.82, 2.24) is 5.43 Å². The van der Waals surface area contributed by atoms with Gasteiger partial charge in [0.25, 0.3) is 11.6 Å². The summed E-state index contributed by atoms with van der Waals surface area (Å²) in [6.07, 6.45) is 1.34. The Bertz CT molecular complexity index is 1210. The average Bonchev–Trinajstić information content (AvgIpc) is 2.80. The minimum absolute atomic E-state index is 0.0933. The summed E-state index contributed by atoms with van der Waals surface area (Å²) in [4.78, 5) is 34.7. The minimum atomic E-state index is -0.639. The van der Waals surface area contributed by atoms with Crippen LogP contribution >= 0.6 is 11.6 Å². The van der Waals surface area contributed by atoms with E-state index in [1.165, 1.54) is 37.6 Å². The van der Waals surface area contributed by atoms with Gasteiger partial charge < -0.3 is 9.47 Å². The molecule has 0 atom stereocenters. The van der Waals surface area contributed by atoms with Crippen LogP contribution in [-0.2, 0) is 0 Å². The molecule has 0 bridgehead atoms. The molecule has 0 fully saturated rings. The average molecular weight is 454 g/mol. The Balaban J connectivity index is 1.69. The molecule has 32 heavy (non-hydrogen) atoms. The second-order valence-corrected chi connectivity index (χ2v) is 6.69. The molecule has 0 aliphatic carbocycles. The van der Waals surface area contributed by atoms with E-state index in [1.54, 1.807) is 36.4 Å². The number of hydrogen-bond donors (Lipinski definition) is 1. The van der Waals surface area contributed by atoms with Gasteiger partial charge in [-0.3, -0.25) is 14.9 Å². The number of carbonyl (C=O) groups is 2. The predicted molar refractivity (Wildman–Crippen MR) is 118 cm³/mol. The third-order valence-electron chi connectivity index (χ3n) is 4.18. The number of non-ortho nitro benzene ring substituents is 1. The molecule has 162 valence electrons. The van der Waals surface area contributed by atoms with E-state index in [0.29, 0.717) is 5.56 Å². The number of halogens is 1. The van der Waals surface area contributed by atoms with Gasteiger partial charge in [0.1, 0.15) is 0 Å². The highest BCUT2D eigenvalue weighted by Crippen LogP contribution is 2.29. The predicted octanol–water partition coefficient (Wildman–Crippen LogP) is 4.24. The number of nitrogens with one attached hydrogen (secondary N) is 1. The van der Waals surface area contributed by atoms with E-state index in [-0.39, 0.29) is 33.3 Å². The summed E-state index contributed by atoms with van der Waals surface area (Å²) < 4.78 is 10.6. The zero-order valence-electron chi connectivity index (χ0n) is 16.7. The van der Waals surface area contributed by atoms with Gasteiger partial charge in [-0.25, -0.2) is 10.2 Å². The summed E-state index contributed by atoms with van der Waals surface area (Å²) >= 11 is 6.02. The number of rotatable bonds is 7. The Hall–Kier alpha value is -4.24. The fraction of sp³-hybridized carbons (Fsp3) is 0.0455. The lowest BCUT2D eigenvalue weighted by atomic mass is 10.2. The van der Waals surface area contributed by atoms with Crippen LogP contribution < -0.4 is 14.9 Å². The Labute approximate surface area is 187 Å². The summed E-state index contributed by atoms with van der Waals surface area (Å²) in [6.45, 7) is 0. The van der Waals surface area contributed by atoms with Gasteiger partial charge in [-0.1, -0.05) is 29.8 Å². The molecule has 0 aliphatic rings. The van der Waals surface area contributed by atoms with Crippen molar-refractivity contribution in [2.45, 2.75) is 0 Å². The lowest BCUT2D eigenvalue weighted by Gasteiger charge is -2.10. The van der Waals surface area contributed by atoms with Gasteiger partial charge in [-0.2, -0.15) is 5.10 Å². The lowest BCUT2D eigenvalue weighted by Crippen LogP contribution is -2.17. The van der Waals surface area contributed by atoms with Crippen LogP contribution in [0.1, 0.15) is 26.3 Å². The summed E-state index contributed by atoms with van der Waals surface area (Å²) in [5.74, 6) is -0.809. The zero-order chi connectivity index (χ0) is 23.1. The number of amides is 1. The van der Waals surface area contributed by atoms with Crippen LogP contribution in [0.15, 0.2) is 71.8 Å². The number of carbonyl (C=O) groups excluding carboxylic acids is 2. The molecule has 1 N–H and O–H groups in total. The van der Waals surface area contributed by atoms with Crippen molar-refractivity contribution in [3.63, 3.8) is 0 Å². The Kier molecular flexibility index (Phi) is 7.14. The Morgan fingerprint density at radius 3 is 2.56 bits per heavy atom. The monoisotopic (exact) mass is 453 g/mol. The molecule has 0 heterocycles. The van der Waals surface area contributed by atoms with E-state index in [9.17, 15) is 19.7 Å². The van der Waals surface area contributed by atoms with Crippen molar-refractivity contribution in [2.75, 3.05) is 7.11 Å². The molecule has 0 saturated heterocycles. The standard InChI is InChI=1S/C22H16ClN3O6/c1-31-20-11-14(9-10-19(20)32-22(28)17-7-2-3-8-18(17)23)13-24-25-21(27)15-5-4-6-16(12-15)26(29)30/h2-13H,1H3,(H,25,27). The molecule has 3 aromatic carbocycles. The number of benzene rings is 3. The number of methoxy groups -OCH3 is 1. The molecule has 3 rings (SSSR count). The molecule has 0 saturated carbocycles. The van der Waals surface area contributed by atoms with E-state index in [2.05, 4.69) is 10.5 Å². The first-order valence-corrected chi connectivity index (χ1v) is 9.49. The fourth-order valence-electron chi connectivity index (χ4n) is 2.62. The molecular formula is C22H16ClN3O6. The van der Waals surface area contributed by atoms with Crippen molar-refractivity contribution >= 4 is 35.4 Å². The smallest absolute Gasteiger partial charge is 0.345 e. The maximum Gasteiger partial charge on any atom is 0.345 e. The highest BCUT2D eigenvalue weighted by Gasteiger charge is 2.15. The minimum Gasteiger partial charge on any atom is -0.493 e. The van der Waals surface area contributed by atoms with Gasteiger partial charge in [-0.05, 0) is 42.0 Å². The first-order valence-electron chi connectivity index (χ1n) is 9.11. The number of esters is 1. The highest BCUT2D eigenvalue weighted by molar-refractivity contribution is 6.33. The molecule has 1 amide bonds.